The molecule has 3 rings (SSSR count). The maximum absolute atomic E-state index is 12.0. The molecular weight excluding hydrogens is 246 g/mol. The molecule has 3 heterocycles. The number of nitrogens with one attached hydrogen (secondary N) is 1. The Labute approximate surface area is 109 Å². The summed E-state index contributed by atoms with van der Waals surface area (Å²) in [7, 11) is 1.51. The molecule has 0 saturated carbocycles. The number of piperidine rings is 1. The summed E-state index contributed by atoms with van der Waals surface area (Å²) in [5.41, 5.74) is 0.706. The van der Waals surface area contributed by atoms with E-state index in [9.17, 15) is 9.59 Å². The van der Waals surface area contributed by atoms with Gasteiger partial charge in [-0.15, -0.1) is 0 Å². The van der Waals surface area contributed by atoms with Crippen LogP contribution >= 0.6 is 0 Å². The van der Waals surface area contributed by atoms with Crippen LogP contribution in [0.3, 0.4) is 0 Å². The predicted octanol–water partition coefficient (Wildman–Crippen LogP) is 0.289. The number of aromatic nitrogens is 3. The van der Waals surface area contributed by atoms with Crippen LogP contribution in [0.25, 0.3) is 5.65 Å². The van der Waals surface area contributed by atoms with Gasteiger partial charge in [0.2, 0.25) is 5.91 Å². The van der Waals surface area contributed by atoms with Gasteiger partial charge >= 0.3 is 0 Å². The van der Waals surface area contributed by atoms with Crippen molar-refractivity contribution in [1.82, 2.24) is 19.5 Å². The van der Waals surface area contributed by atoms with E-state index in [0.717, 1.165) is 0 Å². The maximum Gasteiger partial charge on any atom is 0.251 e. The summed E-state index contributed by atoms with van der Waals surface area (Å²) in [6, 6.07) is 3.13. The molecule has 0 aromatic carbocycles. The first-order chi connectivity index (χ1) is 9.15. The van der Waals surface area contributed by atoms with Crippen molar-refractivity contribution in [2.75, 3.05) is 12.4 Å². The molecule has 1 fully saturated rings. The first-order valence-corrected chi connectivity index (χ1v) is 6.02. The summed E-state index contributed by atoms with van der Waals surface area (Å²) in [4.78, 5) is 28.9. The van der Waals surface area contributed by atoms with Crippen molar-refractivity contribution >= 4 is 23.3 Å². The second-order valence-electron chi connectivity index (χ2n) is 4.47. The van der Waals surface area contributed by atoms with Crippen molar-refractivity contribution in [2.45, 2.75) is 18.9 Å². The second kappa shape index (κ2) is 4.34. The van der Waals surface area contributed by atoms with Gasteiger partial charge in [0.05, 0.1) is 6.20 Å². The number of likely N-dealkylation sites (tertiary alicyclic amines) is 1. The van der Waals surface area contributed by atoms with Gasteiger partial charge in [0.15, 0.2) is 5.65 Å². The monoisotopic (exact) mass is 259 g/mol. The Morgan fingerprint density at radius 1 is 1.37 bits per heavy atom. The van der Waals surface area contributed by atoms with E-state index in [1.54, 1.807) is 29.0 Å². The van der Waals surface area contributed by atoms with Crippen LogP contribution in [0.2, 0.25) is 0 Å². The zero-order chi connectivity index (χ0) is 13.4. The van der Waals surface area contributed by atoms with Gasteiger partial charge in [-0.1, -0.05) is 0 Å². The fourth-order valence-corrected chi connectivity index (χ4v) is 2.12. The van der Waals surface area contributed by atoms with Crippen molar-refractivity contribution in [1.29, 1.82) is 0 Å². The molecule has 0 radical (unpaired) electrons. The number of likely N-dealkylation sites (N-methyl/N-ethyl adjacent to an activating group) is 1. The predicted molar refractivity (Wildman–Crippen MR) is 67.4 cm³/mol. The zero-order valence-corrected chi connectivity index (χ0v) is 10.4. The van der Waals surface area contributed by atoms with E-state index < -0.39 is 6.04 Å². The number of amides is 2. The lowest BCUT2D eigenvalue weighted by Crippen LogP contribution is -2.48. The van der Waals surface area contributed by atoms with Gasteiger partial charge in [-0.2, -0.15) is 5.10 Å². The summed E-state index contributed by atoms with van der Waals surface area (Å²) in [6.07, 6.45) is 4.29. The van der Waals surface area contributed by atoms with Gasteiger partial charge in [0, 0.05) is 25.7 Å². The third kappa shape index (κ3) is 2.03. The molecule has 0 bridgehead atoms. The number of hydrogen-bond acceptors (Lipinski definition) is 5. The van der Waals surface area contributed by atoms with Gasteiger partial charge < -0.3 is 5.32 Å². The molecule has 1 atom stereocenters. The Morgan fingerprint density at radius 3 is 3.05 bits per heavy atom. The van der Waals surface area contributed by atoms with Gasteiger partial charge in [-0.25, -0.2) is 9.50 Å². The summed E-state index contributed by atoms with van der Waals surface area (Å²) < 4.78 is 1.64. The van der Waals surface area contributed by atoms with Crippen LogP contribution in [0.1, 0.15) is 12.8 Å². The molecule has 1 N–H and O–H groups in total. The molecule has 98 valence electrons. The molecule has 1 aliphatic rings. The van der Waals surface area contributed by atoms with E-state index in [-0.39, 0.29) is 11.8 Å². The fraction of sp³-hybridized carbons (Fsp3) is 0.333. The van der Waals surface area contributed by atoms with Crippen LogP contribution in [0.5, 0.6) is 0 Å². The Kier molecular flexibility index (Phi) is 2.66. The number of nitrogens with zero attached hydrogens (tertiary/aromatic N) is 4. The average Bonchev–Trinajstić information content (AvgIpc) is 2.87. The minimum atomic E-state index is -0.402. The largest absolute Gasteiger partial charge is 0.358 e. The highest BCUT2D eigenvalue weighted by atomic mass is 16.2. The molecule has 2 aromatic rings. The van der Waals surface area contributed by atoms with Crippen molar-refractivity contribution < 1.29 is 9.59 Å². The highest BCUT2D eigenvalue weighted by Crippen LogP contribution is 2.16. The minimum absolute atomic E-state index is 0.137. The third-order valence-corrected chi connectivity index (χ3v) is 3.23. The lowest BCUT2D eigenvalue weighted by molar-refractivity contribution is -0.146. The van der Waals surface area contributed by atoms with E-state index in [0.29, 0.717) is 24.3 Å². The molecule has 2 aromatic heterocycles. The highest BCUT2D eigenvalue weighted by Gasteiger charge is 2.31. The van der Waals surface area contributed by atoms with Crippen molar-refractivity contribution in [3.05, 3.63) is 24.5 Å². The molecule has 2 amide bonds. The number of carbonyl (C=O) groups excluding carboxylic acids is 2. The summed E-state index contributed by atoms with van der Waals surface area (Å²) in [5.74, 6) is 0.253. The van der Waals surface area contributed by atoms with E-state index in [1.165, 1.54) is 11.9 Å². The SMILES string of the molecule is CN1C(=O)CCC(Nc2ccn3nccc3n2)C1=O. The van der Waals surface area contributed by atoms with Gasteiger partial charge in [-0.3, -0.25) is 14.5 Å². The summed E-state index contributed by atoms with van der Waals surface area (Å²) >= 11 is 0. The number of carbonyl (C=O) groups is 2. The number of fused-ring (bicyclic) bond motifs is 1. The third-order valence-electron chi connectivity index (χ3n) is 3.23. The quantitative estimate of drug-likeness (QED) is 0.784. The normalized spacial score (nSPS) is 20.1. The van der Waals surface area contributed by atoms with E-state index >= 15 is 0 Å². The summed E-state index contributed by atoms with van der Waals surface area (Å²) in [6.45, 7) is 0. The van der Waals surface area contributed by atoms with E-state index in [1.807, 2.05) is 0 Å². The molecule has 1 aliphatic heterocycles. The van der Waals surface area contributed by atoms with Crippen LogP contribution in [0.15, 0.2) is 24.5 Å². The molecule has 1 saturated heterocycles. The molecular formula is C12H13N5O2. The van der Waals surface area contributed by atoms with Gasteiger partial charge in [-0.05, 0) is 12.5 Å². The fourth-order valence-electron chi connectivity index (χ4n) is 2.12. The standard InChI is InChI=1S/C12H13N5O2/c1-16-11(18)3-2-8(12(16)19)14-9-5-7-17-10(15-9)4-6-13-17/h4-8H,2-3H2,1H3,(H,14,15). The molecule has 19 heavy (non-hydrogen) atoms. The lowest BCUT2D eigenvalue weighted by atomic mass is 10.0. The molecule has 7 heteroatoms. The van der Waals surface area contributed by atoms with E-state index in [2.05, 4.69) is 15.4 Å². The van der Waals surface area contributed by atoms with Crippen molar-refractivity contribution in [3.63, 3.8) is 0 Å². The number of hydrogen-bond donors (Lipinski definition) is 1. The second-order valence-corrected chi connectivity index (χ2v) is 4.47. The van der Waals surface area contributed by atoms with E-state index in [4.69, 9.17) is 0 Å². The highest BCUT2D eigenvalue weighted by molar-refractivity contribution is 6.01. The number of anilines is 1. The number of imide groups is 1. The van der Waals surface area contributed by atoms with Crippen LogP contribution in [0.4, 0.5) is 5.82 Å². The molecule has 1 unspecified atom stereocenters. The molecule has 0 aliphatic carbocycles. The number of rotatable bonds is 2. The Balaban J connectivity index is 1.80. The molecule has 7 nitrogen and oxygen atoms in total. The Bertz CT molecular complexity index is 650. The molecule has 0 spiro atoms. The van der Waals surface area contributed by atoms with Crippen LogP contribution in [0, 0.1) is 0 Å². The first kappa shape index (κ1) is 11.6. The van der Waals surface area contributed by atoms with Gasteiger partial charge in [0.25, 0.3) is 5.91 Å². The Morgan fingerprint density at radius 2 is 2.21 bits per heavy atom. The smallest absolute Gasteiger partial charge is 0.251 e. The van der Waals surface area contributed by atoms with Crippen molar-refractivity contribution in [3.8, 4) is 0 Å². The van der Waals surface area contributed by atoms with Gasteiger partial charge in [0.1, 0.15) is 11.9 Å². The van der Waals surface area contributed by atoms with Crippen molar-refractivity contribution in [2.24, 2.45) is 0 Å². The average molecular weight is 259 g/mol. The Hall–Kier alpha value is -2.44. The minimum Gasteiger partial charge on any atom is -0.358 e. The topological polar surface area (TPSA) is 79.6 Å². The summed E-state index contributed by atoms with van der Waals surface area (Å²) in [5, 5.41) is 7.12. The zero-order valence-electron chi connectivity index (χ0n) is 10.4. The van der Waals surface area contributed by atoms with Crippen LogP contribution in [-0.2, 0) is 9.59 Å². The maximum atomic E-state index is 12.0. The van der Waals surface area contributed by atoms with Crippen LogP contribution in [-0.4, -0.2) is 44.4 Å². The first-order valence-electron chi connectivity index (χ1n) is 6.02. The van der Waals surface area contributed by atoms with Crippen LogP contribution < -0.4 is 5.32 Å². The lowest BCUT2D eigenvalue weighted by Gasteiger charge is -2.28.